The highest BCUT2D eigenvalue weighted by Gasteiger charge is 2.38. The largest absolute Gasteiger partial charge is 0.438 e. The van der Waals surface area contributed by atoms with E-state index >= 15 is 0 Å². The van der Waals surface area contributed by atoms with Crippen molar-refractivity contribution in [2.24, 2.45) is 0 Å². The molecule has 3 aromatic rings. The first kappa shape index (κ1) is 20.6. The van der Waals surface area contributed by atoms with Gasteiger partial charge in [0.2, 0.25) is 11.6 Å². The van der Waals surface area contributed by atoms with Crippen LogP contribution in [0.4, 0.5) is 13.2 Å². The molecule has 8 heteroatoms. The van der Waals surface area contributed by atoms with E-state index in [0.29, 0.717) is 13.0 Å². The Labute approximate surface area is 165 Å². The maximum atomic E-state index is 13.3. The fourth-order valence-corrected chi connectivity index (χ4v) is 3.23. The molecule has 0 aliphatic carbocycles. The maximum Gasteiger partial charge on any atom is 0.438 e. The molecule has 2 aromatic carbocycles. The highest BCUT2D eigenvalue weighted by Crippen LogP contribution is 2.27. The zero-order valence-corrected chi connectivity index (χ0v) is 15.7. The second-order valence-electron chi connectivity index (χ2n) is 6.57. The Morgan fingerprint density at radius 1 is 1.10 bits per heavy atom. The summed E-state index contributed by atoms with van der Waals surface area (Å²) in [5.74, 6) is -0.505. The molecule has 5 nitrogen and oxygen atoms in total. The van der Waals surface area contributed by atoms with Crippen LogP contribution in [0.5, 0.6) is 0 Å². The first-order valence-electron chi connectivity index (χ1n) is 9.23. The second-order valence-corrected chi connectivity index (χ2v) is 6.57. The molecular weight excluding hydrogens is 383 g/mol. The molecule has 0 spiro atoms. The number of carbonyl (C=O) groups is 1. The topological polar surface area (TPSA) is 64.0 Å². The fourth-order valence-electron chi connectivity index (χ4n) is 3.23. The van der Waals surface area contributed by atoms with Gasteiger partial charge in [-0.2, -0.15) is 13.2 Å². The van der Waals surface area contributed by atoms with Gasteiger partial charge in [-0.25, -0.2) is 4.98 Å². The monoisotopic (exact) mass is 403 g/mol. The van der Waals surface area contributed by atoms with Gasteiger partial charge >= 0.3 is 6.18 Å². The molecule has 0 aliphatic rings. The lowest BCUT2D eigenvalue weighted by atomic mass is 10.1. The molecule has 1 N–H and O–H groups in total. The van der Waals surface area contributed by atoms with Crippen LogP contribution in [0.2, 0.25) is 0 Å². The Bertz CT molecular complexity index is 1060. The minimum atomic E-state index is -4.91. The van der Waals surface area contributed by atoms with E-state index in [-0.39, 0.29) is 17.5 Å². The lowest BCUT2D eigenvalue weighted by Gasteiger charge is -2.21. The summed E-state index contributed by atoms with van der Waals surface area (Å²) in [6.07, 6.45) is -4.18. The molecule has 1 aromatic heterocycles. The van der Waals surface area contributed by atoms with Crippen LogP contribution in [0.3, 0.4) is 0 Å². The lowest BCUT2D eigenvalue weighted by Crippen LogP contribution is -2.40. The van der Waals surface area contributed by atoms with Gasteiger partial charge in [-0.05, 0) is 30.5 Å². The van der Waals surface area contributed by atoms with E-state index in [1.54, 1.807) is 13.0 Å². The van der Waals surface area contributed by atoms with E-state index in [9.17, 15) is 22.8 Å². The molecule has 0 unspecified atom stereocenters. The number of carbonyl (C=O) groups excluding carboxylic acids is 1. The van der Waals surface area contributed by atoms with Gasteiger partial charge in [-0.3, -0.25) is 14.2 Å². The van der Waals surface area contributed by atoms with Crippen LogP contribution >= 0.6 is 0 Å². The summed E-state index contributed by atoms with van der Waals surface area (Å²) in [6.45, 7) is 1.96. The number of nitrogens with zero attached hydrogens (tertiary/aromatic N) is 2. The molecule has 3 rings (SSSR count). The summed E-state index contributed by atoms with van der Waals surface area (Å²) in [7, 11) is 0. The zero-order chi connectivity index (χ0) is 21.0. The number of halogens is 3. The van der Waals surface area contributed by atoms with Crippen LogP contribution in [0.15, 0.2) is 59.4 Å². The number of para-hydroxylation sites is 2. The molecule has 1 atom stereocenters. The molecule has 0 radical (unpaired) electrons. The van der Waals surface area contributed by atoms with Gasteiger partial charge in [0, 0.05) is 6.54 Å². The lowest BCUT2D eigenvalue weighted by molar-refractivity contribution is -0.142. The molecule has 1 heterocycles. The SMILES string of the molecule is CC[C@H](C(=O)NCCc1ccccc1)n1c(=O)c(C(F)(F)F)nc2ccccc21. The highest BCUT2D eigenvalue weighted by atomic mass is 19.4. The predicted molar refractivity (Wildman–Crippen MR) is 103 cm³/mol. The quantitative estimate of drug-likeness (QED) is 0.682. The molecule has 152 valence electrons. The van der Waals surface area contributed by atoms with Crippen molar-refractivity contribution in [3.63, 3.8) is 0 Å². The summed E-state index contributed by atoms with van der Waals surface area (Å²) in [5, 5.41) is 2.73. The van der Waals surface area contributed by atoms with E-state index in [1.165, 1.54) is 18.2 Å². The van der Waals surface area contributed by atoms with Crippen molar-refractivity contribution < 1.29 is 18.0 Å². The van der Waals surface area contributed by atoms with E-state index in [4.69, 9.17) is 0 Å². The Hall–Kier alpha value is -3.16. The third kappa shape index (κ3) is 4.47. The van der Waals surface area contributed by atoms with Crippen molar-refractivity contribution in [1.29, 1.82) is 0 Å². The van der Waals surface area contributed by atoms with Crippen molar-refractivity contribution in [3.05, 3.63) is 76.2 Å². The van der Waals surface area contributed by atoms with Crippen LogP contribution in [0.1, 0.15) is 30.6 Å². The third-order valence-corrected chi connectivity index (χ3v) is 4.62. The molecule has 0 saturated carbocycles. The first-order valence-corrected chi connectivity index (χ1v) is 9.23. The smallest absolute Gasteiger partial charge is 0.354 e. The van der Waals surface area contributed by atoms with Crippen LogP contribution in [-0.4, -0.2) is 22.0 Å². The van der Waals surface area contributed by atoms with E-state index < -0.39 is 29.4 Å². The Kier molecular flexibility index (Phi) is 6.00. The first-order chi connectivity index (χ1) is 13.8. The van der Waals surface area contributed by atoms with Gasteiger partial charge in [0.15, 0.2) is 0 Å². The number of benzene rings is 2. The normalized spacial score (nSPS) is 12.7. The third-order valence-electron chi connectivity index (χ3n) is 4.62. The number of nitrogens with one attached hydrogen (secondary N) is 1. The molecule has 0 aliphatic heterocycles. The van der Waals surface area contributed by atoms with Crippen molar-refractivity contribution in [2.45, 2.75) is 32.0 Å². The summed E-state index contributed by atoms with van der Waals surface area (Å²) >= 11 is 0. The second kappa shape index (κ2) is 8.46. The summed E-state index contributed by atoms with van der Waals surface area (Å²) in [6, 6.07) is 14.4. The van der Waals surface area contributed by atoms with Crippen LogP contribution in [-0.2, 0) is 17.4 Å². The van der Waals surface area contributed by atoms with Crippen LogP contribution in [0, 0.1) is 0 Å². The number of aromatic nitrogens is 2. The number of amides is 1. The van der Waals surface area contributed by atoms with Crippen molar-refractivity contribution in [2.75, 3.05) is 6.54 Å². The molecule has 0 fully saturated rings. The van der Waals surface area contributed by atoms with Crippen LogP contribution in [0.25, 0.3) is 11.0 Å². The van der Waals surface area contributed by atoms with E-state index in [0.717, 1.165) is 10.1 Å². The number of alkyl halides is 3. The average Bonchev–Trinajstić information content (AvgIpc) is 2.70. The maximum absolute atomic E-state index is 13.3. The Morgan fingerprint density at radius 2 is 1.76 bits per heavy atom. The average molecular weight is 403 g/mol. The molecular formula is C21H20F3N3O2. The van der Waals surface area contributed by atoms with Gasteiger partial charge in [-0.15, -0.1) is 0 Å². The zero-order valence-electron chi connectivity index (χ0n) is 15.7. The van der Waals surface area contributed by atoms with Crippen LogP contribution < -0.4 is 10.9 Å². The van der Waals surface area contributed by atoms with E-state index in [2.05, 4.69) is 10.3 Å². The van der Waals surface area contributed by atoms with Gasteiger partial charge in [0.05, 0.1) is 11.0 Å². The van der Waals surface area contributed by atoms with Crippen molar-refractivity contribution >= 4 is 16.9 Å². The van der Waals surface area contributed by atoms with Crippen molar-refractivity contribution in [1.82, 2.24) is 14.9 Å². The van der Waals surface area contributed by atoms with E-state index in [1.807, 2.05) is 30.3 Å². The molecule has 0 bridgehead atoms. The minimum Gasteiger partial charge on any atom is -0.354 e. The molecule has 29 heavy (non-hydrogen) atoms. The summed E-state index contributed by atoms with van der Waals surface area (Å²) < 4.78 is 40.9. The number of hydrogen-bond donors (Lipinski definition) is 1. The van der Waals surface area contributed by atoms with Crippen molar-refractivity contribution in [3.8, 4) is 0 Å². The van der Waals surface area contributed by atoms with Gasteiger partial charge in [-0.1, -0.05) is 49.4 Å². The molecule has 1 amide bonds. The minimum absolute atomic E-state index is 0.00922. The summed E-state index contributed by atoms with van der Waals surface area (Å²) in [5.41, 5.74) is -1.62. The number of rotatable bonds is 6. The van der Waals surface area contributed by atoms with Gasteiger partial charge < -0.3 is 5.32 Å². The summed E-state index contributed by atoms with van der Waals surface area (Å²) in [4.78, 5) is 28.9. The number of hydrogen-bond acceptors (Lipinski definition) is 3. The number of fused-ring (bicyclic) bond motifs is 1. The Balaban J connectivity index is 1.94. The van der Waals surface area contributed by atoms with Gasteiger partial charge in [0.1, 0.15) is 6.04 Å². The van der Waals surface area contributed by atoms with Gasteiger partial charge in [0.25, 0.3) is 5.56 Å². The standard InChI is InChI=1S/C21H20F3N3O2/c1-2-16(19(28)25-13-12-14-8-4-3-5-9-14)27-17-11-7-6-10-15(17)26-18(20(27)29)21(22,23)24/h3-11,16H,2,12-13H2,1H3,(H,25,28)/t16-/m1/s1. The highest BCUT2D eigenvalue weighted by molar-refractivity contribution is 5.83. The Morgan fingerprint density at radius 3 is 2.41 bits per heavy atom. The predicted octanol–water partition coefficient (Wildman–Crippen LogP) is 3.73. The fraction of sp³-hybridized carbons (Fsp3) is 0.286. The molecule has 0 saturated heterocycles.